The van der Waals surface area contributed by atoms with Gasteiger partial charge in [-0.05, 0) is 6.42 Å². The first-order valence-electron chi connectivity index (χ1n) is 5.82. The summed E-state index contributed by atoms with van der Waals surface area (Å²) in [7, 11) is -4.18. The van der Waals surface area contributed by atoms with E-state index in [1.165, 1.54) is 4.72 Å². The Morgan fingerprint density at radius 3 is 2.47 bits per heavy atom. The molecule has 0 aromatic rings. The molecular formula is C9H15F3N2O4S. The molecule has 0 aromatic carbocycles. The van der Waals surface area contributed by atoms with Gasteiger partial charge in [0.1, 0.15) is 6.54 Å². The molecule has 1 N–H and O–H groups in total. The number of piperidine rings is 1. The van der Waals surface area contributed by atoms with Gasteiger partial charge in [0.2, 0.25) is 0 Å². The van der Waals surface area contributed by atoms with E-state index in [4.69, 9.17) is 9.47 Å². The van der Waals surface area contributed by atoms with E-state index < -0.39 is 28.7 Å². The monoisotopic (exact) mass is 304 g/mol. The molecule has 2 aliphatic rings. The minimum atomic E-state index is -4.58. The van der Waals surface area contributed by atoms with Gasteiger partial charge in [0.25, 0.3) is 10.2 Å². The highest BCUT2D eigenvalue weighted by atomic mass is 32.2. The fourth-order valence-corrected chi connectivity index (χ4v) is 3.42. The summed E-state index contributed by atoms with van der Waals surface area (Å²) in [4.78, 5) is 0. The molecule has 0 unspecified atom stereocenters. The zero-order valence-corrected chi connectivity index (χ0v) is 10.9. The Morgan fingerprint density at radius 1 is 1.26 bits per heavy atom. The minimum Gasteiger partial charge on any atom is -0.346 e. The zero-order valence-electron chi connectivity index (χ0n) is 10.1. The van der Waals surface area contributed by atoms with Crippen molar-refractivity contribution >= 4 is 10.2 Å². The number of nitrogens with zero attached hydrogens (tertiary/aromatic N) is 1. The summed E-state index contributed by atoms with van der Waals surface area (Å²) in [6.45, 7) is -0.782. The van der Waals surface area contributed by atoms with Crippen LogP contribution in [0.25, 0.3) is 0 Å². The van der Waals surface area contributed by atoms with Crippen molar-refractivity contribution in [1.29, 1.82) is 0 Å². The predicted octanol–water partition coefficient (Wildman–Crippen LogP) is 0.222. The van der Waals surface area contributed by atoms with Crippen LogP contribution in [0.15, 0.2) is 0 Å². The minimum absolute atomic E-state index is 0.0831. The molecule has 0 bridgehead atoms. The first-order chi connectivity index (χ1) is 8.73. The van der Waals surface area contributed by atoms with Crippen LogP contribution >= 0.6 is 0 Å². The van der Waals surface area contributed by atoms with Crippen LogP contribution in [-0.4, -0.2) is 57.5 Å². The van der Waals surface area contributed by atoms with Gasteiger partial charge in [0.05, 0.1) is 19.8 Å². The van der Waals surface area contributed by atoms with Crippen molar-refractivity contribution in [3.05, 3.63) is 0 Å². The Hall–Kier alpha value is -0.420. The second kappa shape index (κ2) is 5.17. The number of nitrogens with one attached hydrogen (secondary N) is 1. The lowest BCUT2D eigenvalue weighted by atomic mass is 10.1. The van der Waals surface area contributed by atoms with Gasteiger partial charge in [-0.15, -0.1) is 0 Å². The first-order valence-corrected chi connectivity index (χ1v) is 7.26. The number of rotatable bonds is 3. The second-order valence-corrected chi connectivity index (χ2v) is 6.24. The van der Waals surface area contributed by atoms with Crippen molar-refractivity contribution < 1.29 is 31.1 Å². The number of hydrogen-bond donors (Lipinski definition) is 1. The molecule has 0 radical (unpaired) electrons. The molecular weight excluding hydrogens is 289 g/mol. The number of ether oxygens (including phenoxy) is 2. The van der Waals surface area contributed by atoms with Gasteiger partial charge in [0, 0.05) is 13.0 Å². The lowest BCUT2D eigenvalue weighted by Crippen LogP contribution is -2.54. The Labute approximate surface area is 109 Å². The third-order valence-electron chi connectivity index (χ3n) is 2.99. The summed E-state index contributed by atoms with van der Waals surface area (Å²) < 4.78 is 72.9. The van der Waals surface area contributed by atoms with Crippen LogP contribution in [-0.2, 0) is 19.7 Å². The van der Waals surface area contributed by atoms with E-state index in [0.29, 0.717) is 26.1 Å². The van der Waals surface area contributed by atoms with Gasteiger partial charge in [-0.2, -0.15) is 30.6 Å². The third kappa shape index (κ3) is 3.78. The van der Waals surface area contributed by atoms with Gasteiger partial charge >= 0.3 is 6.18 Å². The maximum Gasteiger partial charge on any atom is 0.402 e. The summed E-state index contributed by atoms with van der Waals surface area (Å²) >= 11 is 0. The van der Waals surface area contributed by atoms with Crippen molar-refractivity contribution in [3.8, 4) is 0 Å². The summed E-state index contributed by atoms with van der Waals surface area (Å²) in [5.74, 6) is -0.995. The molecule has 1 spiro atoms. The molecule has 112 valence electrons. The van der Waals surface area contributed by atoms with Crippen molar-refractivity contribution in [2.75, 3.05) is 32.8 Å². The second-order valence-electron chi connectivity index (χ2n) is 4.49. The summed E-state index contributed by atoms with van der Waals surface area (Å²) in [5.41, 5.74) is 0. The van der Waals surface area contributed by atoms with Crippen LogP contribution in [0.3, 0.4) is 0 Å². The standard InChI is InChI=1S/C9H15F3N2O4S/c10-9(11,12)6-13-19(15,16)14-3-1-2-8(7-14)17-4-5-18-8/h13H,1-7H2. The van der Waals surface area contributed by atoms with Gasteiger partial charge in [-0.1, -0.05) is 0 Å². The zero-order chi connectivity index (χ0) is 14.1. The Morgan fingerprint density at radius 2 is 1.89 bits per heavy atom. The van der Waals surface area contributed by atoms with Crippen LogP contribution in [0.1, 0.15) is 12.8 Å². The molecule has 0 aromatic heterocycles. The maximum absolute atomic E-state index is 12.1. The summed E-state index contributed by atoms with van der Waals surface area (Å²) in [6, 6.07) is 0. The highest BCUT2D eigenvalue weighted by Crippen LogP contribution is 2.31. The van der Waals surface area contributed by atoms with Crippen LogP contribution in [0.4, 0.5) is 13.2 Å². The average molecular weight is 304 g/mol. The fraction of sp³-hybridized carbons (Fsp3) is 1.00. The lowest BCUT2D eigenvalue weighted by molar-refractivity contribution is -0.179. The van der Waals surface area contributed by atoms with Crippen molar-refractivity contribution in [3.63, 3.8) is 0 Å². The molecule has 10 heteroatoms. The fourth-order valence-electron chi connectivity index (χ4n) is 2.15. The molecule has 2 aliphatic heterocycles. The van der Waals surface area contributed by atoms with Crippen LogP contribution in [0, 0.1) is 0 Å². The van der Waals surface area contributed by atoms with E-state index in [1.807, 2.05) is 0 Å². The molecule has 19 heavy (non-hydrogen) atoms. The topological polar surface area (TPSA) is 67.9 Å². The number of halogens is 3. The first kappa shape index (κ1) is 15.0. The molecule has 0 aliphatic carbocycles. The molecule has 2 rings (SSSR count). The lowest BCUT2D eigenvalue weighted by Gasteiger charge is -2.37. The Balaban J connectivity index is 2.00. The van der Waals surface area contributed by atoms with Gasteiger partial charge in [-0.3, -0.25) is 0 Å². The van der Waals surface area contributed by atoms with Gasteiger partial charge < -0.3 is 9.47 Å². The number of hydrogen-bond acceptors (Lipinski definition) is 4. The van der Waals surface area contributed by atoms with Crippen LogP contribution < -0.4 is 4.72 Å². The van der Waals surface area contributed by atoms with Gasteiger partial charge in [0.15, 0.2) is 5.79 Å². The highest BCUT2D eigenvalue weighted by Gasteiger charge is 2.44. The molecule has 2 fully saturated rings. The molecule has 0 saturated carbocycles. The molecule has 0 atom stereocenters. The van der Waals surface area contributed by atoms with Crippen molar-refractivity contribution in [2.24, 2.45) is 0 Å². The van der Waals surface area contributed by atoms with Gasteiger partial charge in [-0.25, -0.2) is 0 Å². The largest absolute Gasteiger partial charge is 0.402 e. The predicted molar refractivity (Wildman–Crippen MR) is 58.4 cm³/mol. The molecule has 0 amide bonds. The third-order valence-corrected chi connectivity index (χ3v) is 4.49. The molecule has 2 heterocycles. The Kier molecular flexibility index (Phi) is 4.07. The maximum atomic E-state index is 12.1. The van der Waals surface area contributed by atoms with E-state index in [1.54, 1.807) is 0 Å². The van der Waals surface area contributed by atoms with Crippen LogP contribution in [0.5, 0.6) is 0 Å². The highest BCUT2D eigenvalue weighted by molar-refractivity contribution is 7.87. The SMILES string of the molecule is O=S(=O)(NCC(F)(F)F)N1CCCC2(C1)OCCO2. The van der Waals surface area contributed by atoms with E-state index in [9.17, 15) is 21.6 Å². The Bertz CT molecular complexity index is 420. The molecule has 2 saturated heterocycles. The van der Waals surface area contributed by atoms with Crippen molar-refractivity contribution in [2.45, 2.75) is 24.8 Å². The summed E-state index contributed by atoms with van der Waals surface area (Å²) in [5, 5.41) is 0. The number of alkyl halides is 3. The summed E-state index contributed by atoms with van der Waals surface area (Å²) in [6.07, 6.45) is -3.56. The van der Waals surface area contributed by atoms with E-state index >= 15 is 0 Å². The van der Waals surface area contributed by atoms with Crippen LogP contribution in [0.2, 0.25) is 0 Å². The normalized spacial score (nSPS) is 25.0. The quantitative estimate of drug-likeness (QED) is 0.810. The smallest absolute Gasteiger partial charge is 0.346 e. The van der Waals surface area contributed by atoms with Crippen molar-refractivity contribution in [1.82, 2.24) is 9.03 Å². The van der Waals surface area contributed by atoms with E-state index in [2.05, 4.69) is 0 Å². The van der Waals surface area contributed by atoms with E-state index in [-0.39, 0.29) is 13.1 Å². The van der Waals surface area contributed by atoms with E-state index in [0.717, 1.165) is 4.31 Å². The average Bonchev–Trinajstić information content (AvgIpc) is 2.74. The molecule has 6 nitrogen and oxygen atoms in total.